The van der Waals surface area contributed by atoms with E-state index >= 15 is 0 Å². The van der Waals surface area contributed by atoms with E-state index in [0.717, 1.165) is 11.6 Å². The Morgan fingerprint density at radius 3 is 2.19 bits per heavy atom. The Morgan fingerprint density at radius 1 is 1.12 bits per heavy atom. The Bertz CT molecular complexity index is 840. The molecular weight excluding hydrogens is 439 g/mol. The van der Waals surface area contributed by atoms with E-state index in [2.05, 4.69) is 15.9 Å². The van der Waals surface area contributed by atoms with E-state index in [1.165, 1.54) is 0 Å². The number of nitro benzene ring substituents is 1. The second-order valence-corrected chi connectivity index (χ2v) is 7.82. The summed E-state index contributed by atoms with van der Waals surface area (Å²) in [6, 6.07) is 5.45. The number of nitro groups is 1. The van der Waals surface area contributed by atoms with Crippen LogP contribution in [0.25, 0.3) is 0 Å². The van der Waals surface area contributed by atoms with Crippen LogP contribution in [0.5, 0.6) is 11.5 Å². The zero-order chi connectivity index (χ0) is 19.9. The molecule has 2 aromatic carbocycles. The highest BCUT2D eigenvalue weighted by Gasteiger charge is 2.33. The van der Waals surface area contributed by atoms with Crippen LogP contribution in [-0.2, 0) is 11.6 Å². The summed E-state index contributed by atoms with van der Waals surface area (Å²) in [6.07, 6.45) is -4.70. The van der Waals surface area contributed by atoms with Crippen LogP contribution in [0.4, 0.5) is 18.9 Å². The van der Waals surface area contributed by atoms with E-state index in [1.54, 1.807) is 12.1 Å². The van der Waals surface area contributed by atoms with Gasteiger partial charge in [0.15, 0.2) is 5.75 Å². The van der Waals surface area contributed by atoms with Gasteiger partial charge >= 0.3 is 11.9 Å². The first-order chi connectivity index (χ1) is 11.8. The molecular formula is C17H14BrClF3NO3. The lowest BCUT2D eigenvalue weighted by Gasteiger charge is -2.21. The van der Waals surface area contributed by atoms with Crippen molar-refractivity contribution in [2.24, 2.45) is 0 Å². The number of nitrogens with zero attached hydrogens (tertiary/aromatic N) is 1. The van der Waals surface area contributed by atoms with Crippen molar-refractivity contribution < 1.29 is 22.8 Å². The molecule has 0 heterocycles. The third kappa shape index (κ3) is 4.48. The molecule has 0 aliphatic carbocycles. The van der Waals surface area contributed by atoms with Gasteiger partial charge in [0.1, 0.15) is 0 Å². The Kier molecular flexibility index (Phi) is 5.58. The van der Waals surface area contributed by atoms with Gasteiger partial charge in [-0.2, -0.15) is 13.2 Å². The maximum atomic E-state index is 12.8. The summed E-state index contributed by atoms with van der Waals surface area (Å²) in [5.41, 5.74) is -1.25. The SMILES string of the molecule is CC(C)(C)c1cc(Cl)c(Oc2ccc(C(F)(F)F)cc2[N+](=O)[O-])c(Br)c1. The van der Waals surface area contributed by atoms with Gasteiger partial charge in [0.25, 0.3) is 0 Å². The highest BCUT2D eigenvalue weighted by atomic mass is 79.9. The molecule has 0 amide bonds. The minimum Gasteiger partial charge on any atom is -0.447 e. The molecule has 0 saturated heterocycles. The predicted octanol–water partition coefficient (Wildman–Crippen LogP) is 7.12. The van der Waals surface area contributed by atoms with Crippen molar-refractivity contribution in [1.82, 2.24) is 0 Å². The monoisotopic (exact) mass is 451 g/mol. The quantitative estimate of drug-likeness (QED) is 0.368. The fourth-order valence-electron chi connectivity index (χ4n) is 2.12. The van der Waals surface area contributed by atoms with Gasteiger partial charge in [0, 0.05) is 6.07 Å². The van der Waals surface area contributed by atoms with Gasteiger partial charge in [-0.15, -0.1) is 0 Å². The number of ether oxygens (including phenoxy) is 1. The Labute approximate surface area is 161 Å². The smallest absolute Gasteiger partial charge is 0.416 e. The molecule has 0 aliphatic heterocycles. The van der Waals surface area contributed by atoms with Gasteiger partial charge < -0.3 is 4.74 Å². The Hall–Kier alpha value is -1.80. The van der Waals surface area contributed by atoms with Crippen LogP contribution >= 0.6 is 27.5 Å². The maximum absolute atomic E-state index is 12.8. The molecule has 0 radical (unpaired) electrons. The lowest BCUT2D eigenvalue weighted by molar-refractivity contribution is -0.385. The van der Waals surface area contributed by atoms with Crippen LogP contribution < -0.4 is 4.74 Å². The van der Waals surface area contributed by atoms with E-state index in [-0.39, 0.29) is 21.9 Å². The molecule has 0 spiro atoms. The summed E-state index contributed by atoms with van der Waals surface area (Å²) < 4.78 is 44.3. The summed E-state index contributed by atoms with van der Waals surface area (Å²) in [5, 5.41) is 11.3. The first-order valence-corrected chi connectivity index (χ1v) is 8.51. The average molecular weight is 453 g/mol. The van der Waals surface area contributed by atoms with Crippen molar-refractivity contribution in [2.45, 2.75) is 32.4 Å². The molecule has 140 valence electrons. The topological polar surface area (TPSA) is 52.4 Å². The van der Waals surface area contributed by atoms with Crippen LogP contribution in [-0.4, -0.2) is 4.92 Å². The molecule has 0 unspecified atom stereocenters. The number of alkyl halides is 3. The molecule has 2 aromatic rings. The van der Waals surface area contributed by atoms with Crippen LogP contribution in [0.1, 0.15) is 31.9 Å². The normalized spacial score (nSPS) is 12.2. The Morgan fingerprint density at radius 2 is 1.73 bits per heavy atom. The number of halogens is 5. The summed E-state index contributed by atoms with van der Waals surface area (Å²) in [7, 11) is 0. The van der Waals surface area contributed by atoms with Crippen molar-refractivity contribution in [2.75, 3.05) is 0 Å². The molecule has 0 fully saturated rings. The number of rotatable bonds is 3. The first kappa shape index (κ1) is 20.5. The fourth-order valence-corrected chi connectivity index (χ4v) is 3.04. The van der Waals surface area contributed by atoms with E-state index in [9.17, 15) is 23.3 Å². The summed E-state index contributed by atoms with van der Waals surface area (Å²) >= 11 is 9.52. The zero-order valence-electron chi connectivity index (χ0n) is 13.9. The van der Waals surface area contributed by atoms with Crippen molar-refractivity contribution in [3.8, 4) is 11.5 Å². The molecule has 0 aliphatic rings. The van der Waals surface area contributed by atoms with Crippen molar-refractivity contribution >= 4 is 33.2 Å². The van der Waals surface area contributed by atoms with Crippen molar-refractivity contribution in [1.29, 1.82) is 0 Å². The van der Waals surface area contributed by atoms with Gasteiger partial charge in [-0.25, -0.2) is 0 Å². The van der Waals surface area contributed by atoms with Gasteiger partial charge in [-0.3, -0.25) is 10.1 Å². The highest BCUT2D eigenvalue weighted by Crippen LogP contribution is 2.43. The van der Waals surface area contributed by atoms with Crippen LogP contribution in [0, 0.1) is 10.1 Å². The molecule has 4 nitrogen and oxygen atoms in total. The van der Waals surface area contributed by atoms with Crippen LogP contribution in [0.2, 0.25) is 5.02 Å². The summed E-state index contributed by atoms with van der Waals surface area (Å²) in [6.45, 7) is 5.94. The predicted molar refractivity (Wildman–Crippen MR) is 96.0 cm³/mol. The van der Waals surface area contributed by atoms with E-state index in [4.69, 9.17) is 16.3 Å². The largest absolute Gasteiger partial charge is 0.447 e. The lowest BCUT2D eigenvalue weighted by atomic mass is 9.87. The summed E-state index contributed by atoms with van der Waals surface area (Å²) in [5.74, 6) is -0.253. The van der Waals surface area contributed by atoms with E-state index in [1.807, 2.05) is 20.8 Å². The van der Waals surface area contributed by atoms with Crippen LogP contribution in [0.3, 0.4) is 0 Å². The van der Waals surface area contributed by atoms with Gasteiger partial charge in [-0.05, 0) is 51.2 Å². The number of hydrogen-bond donors (Lipinski definition) is 0. The third-order valence-corrected chi connectivity index (χ3v) is 4.43. The molecule has 0 atom stereocenters. The molecule has 26 heavy (non-hydrogen) atoms. The standard InChI is InChI=1S/C17H14BrClF3NO3/c1-16(2,3)10-6-11(18)15(12(19)7-10)26-14-5-4-9(17(20,21)22)8-13(14)23(24)25/h4-8H,1-3H3. The highest BCUT2D eigenvalue weighted by molar-refractivity contribution is 9.10. The van der Waals surface area contributed by atoms with Crippen LogP contribution in [0.15, 0.2) is 34.8 Å². The first-order valence-electron chi connectivity index (χ1n) is 7.33. The molecule has 0 N–H and O–H groups in total. The minimum atomic E-state index is -4.70. The van der Waals surface area contributed by atoms with E-state index in [0.29, 0.717) is 16.6 Å². The molecule has 0 saturated carbocycles. The van der Waals surface area contributed by atoms with Crippen molar-refractivity contribution in [3.63, 3.8) is 0 Å². The molecule has 0 aromatic heterocycles. The third-order valence-electron chi connectivity index (χ3n) is 3.56. The zero-order valence-corrected chi connectivity index (χ0v) is 16.3. The van der Waals surface area contributed by atoms with E-state index < -0.39 is 22.4 Å². The van der Waals surface area contributed by atoms with Gasteiger partial charge in [0.2, 0.25) is 5.75 Å². The van der Waals surface area contributed by atoms with Gasteiger partial charge in [-0.1, -0.05) is 32.4 Å². The maximum Gasteiger partial charge on any atom is 0.416 e. The second kappa shape index (κ2) is 7.08. The minimum absolute atomic E-state index is 0.0857. The molecule has 9 heteroatoms. The lowest BCUT2D eigenvalue weighted by Crippen LogP contribution is -2.11. The van der Waals surface area contributed by atoms with Gasteiger partial charge in [0.05, 0.1) is 20.0 Å². The Balaban J connectivity index is 2.51. The average Bonchev–Trinajstić information content (AvgIpc) is 2.48. The molecule has 0 bridgehead atoms. The molecule has 2 rings (SSSR count). The number of hydrogen-bond acceptors (Lipinski definition) is 3. The van der Waals surface area contributed by atoms with Crippen molar-refractivity contribution in [3.05, 3.63) is 61.1 Å². The number of benzene rings is 2. The summed E-state index contributed by atoms with van der Waals surface area (Å²) in [4.78, 5) is 10.2. The second-order valence-electron chi connectivity index (χ2n) is 6.56. The fraction of sp³-hybridized carbons (Fsp3) is 0.294.